The van der Waals surface area contributed by atoms with Gasteiger partial charge in [-0.1, -0.05) is 30.7 Å². The standard InChI is InChI=1S/C26H35ClN4O6/c1-17(12-14-36-29-31(33)30(6)26(3,4)5)11-13-34-25(32)37-23-18(2)28-15-21-22(23)16-35-24(21)19-7-9-20(27)10-8-19/h7-10,15,17,24H,11-14,16H2,1-6H3/b31-29-/t17?,24-/m0/s1. The zero-order chi connectivity index (χ0) is 27.2. The first-order valence-electron chi connectivity index (χ1n) is 12.2. The predicted octanol–water partition coefficient (Wildman–Crippen LogP) is 6.13. The van der Waals surface area contributed by atoms with Crippen LogP contribution in [0.25, 0.3) is 0 Å². The smallest absolute Gasteiger partial charge is 0.513 e. The third kappa shape index (κ3) is 7.69. The maximum absolute atomic E-state index is 12.4. The van der Waals surface area contributed by atoms with E-state index >= 15 is 0 Å². The molecular formula is C26H35ClN4O6. The van der Waals surface area contributed by atoms with Crippen LogP contribution in [-0.2, 0) is 20.9 Å². The van der Waals surface area contributed by atoms with Gasteiger partial charge in [-0.3, -0.25) is 4.98 Å². The van der Waals surface area contributed by atoms with Crippen LogP contribution in [0.2, 0.25) is 5.02 Å². The lowest BCUT2D eigenvalue weighted by Crippen LogP contribution is -2.42. The quantitative estimate of drug-likeness (QED) is 0.118. The van der Waals surface area contributed by atoms with Crippen molar-refractivity contribution in [3.05, 3.63) is 63.1 Å². The summed E-state index contributed by atoms with van der Waals surface area (Å²) in [6, 6.07) is 7.41. The van der Waals surface area contributed by atoms with Crippen molar-refractivity contribution in [2.45, 2.75) is 65.7 Å². The van der Waals surface area contributed by atoms with Crippen molar-refractivity contribution in [1.29, 1.82) is 0 Å². The van der Waals surface area contributed by atoms with Crippen LogP contribution in [0.4, 0.5) is 4.79 Å². The molecule has 11 heteroatoms. The van der Waals surface area contributed by atoms with Crippen LogP contribution in [0.5, 0.6) is 5.75 Å². The summed E-state index contributed by atoms with van der Waals surface area (Å²) in [6.07, 6.45) is 1.90. The average molecular weight is 535 g/mol. The van der Waals surface area contributed by atoms with Gasteiger partial charge in [-0.05, 0) is 64.2 Å². The summed E-state index contributed by atoms with van der Waals surface area (Å²) in [7, 11) is 1.64. The summed E-state index contributed by atoms with van der Waals surface area (Å²) in [5, 5.41) is 17.5. The molecule has 0 fully saturated rings. The number of rotatable bonds is 10. The molecule has 0 radical (unpaired) electrons. The van der Waals surface area contributed by atoms with Gasteiger partial charge in [-0.25, -0.2) is 4.79 Å². The molecule has 0 spiro atoms. The van der Waals surface area contributed by atoms with Crippen molar-refractivity contribution in [2.24, 2.45) is 11.2 Å². The lowest BCUT2D eigenvalue weighted by atomic mass is 10.0. The number of fused-ring (bicyclic) bond motifs is 1. The molecule has 10 nitrogen and oxygen atoms in total. The number of aryl methyl sites for hydroxylation is 1. The van der Waals surface area contributed by atoms with E-state index in [9.17, 15) is 10.0 Å². The third-order valence-electron chi connectivity index (χ3n) is 6.27. The molecule has 0 bridgehead atoms. The van der Waals surface area contributed by atoms with Gasteiger partial charge in [0.05, 0.1) is 36.5 Å². The fourth-order valence-electron chi connectivity index (χ4n) is 3.59. The van der Waals surface area contributed by atoms with E-state index in [-0.39, 0.29) is 30.8 Å². The number of benzene rings is 1. The number of hydrazine groups is 1. The molecule has 0 saturated heterocycles. The summed E-state index contributed by atoms with van der Waals surface area (Å²) in [5.41, 5.74) is 2.78. The van der Waals surface area contributed by atoms with Gasteiger partial charge >= 0.3 is 6.16 Å². The molecule has 2 aromatic rings. The highest BCUT2D eigenvalue weighted by molar-refractivity contribution is 6.30. The van der Waals surface area contributed by atoms with E-state index in [1.807, 2.05) is 39.8 Å². The predicted molar refractivity (Wildman–Crippen MR) is 137 cm³/mol. The monoisotopic (exact) mass is 534 g/mol. The molecule has 0 amide bonds. The first-order valence-corrected chi connectivity index (χ1v) is 12.6. The molecular weight excluding hydrogens is 500 g/mol. The van der Waals surface area contributed by atoms with Gasteiger partial charge in [0.15, 0.2) is 5.75 Å². The Bertz CT molecular complexity index is 1100. The van der Waals surface area contributed by atoms with E-state index in [1.165, 1.54) is 5.01 Å². The molecule has 1 unspecified atom stereocenters. The number of hydrogen-bond donors (Lipinski definition) is 0. The molecule has 37 heavy (non-hydrogen) atoms. The lowest BCUT2D eigenvalue weighted by Gasteiger charge is -2.26. The largest absolute Gasteiger partial charge is 0.569 e. The molecule has 1 aromatic heterocycles. The second kappa shape index (κ2) is 12.4. The van der Waals surface area contributed by atoms with E-state index in [2.05, 4.69) is 10.3 Å². The highest BCUT2D eigenvalue weighted by atomic mass is 35.5. The van der Waals surface area contributed by atoms with Gasteiger partial charge < -0.3 is 24.3 Å². The summed E-state index contributed by atoms with van der Waals surface area (Å²) in [4.78, 5) is 22.4. The fraction of sp³-hybridized carbons (Fsp3) is 0.538. The van der Waals surface area contributed by atoms with Crippen LogP contribution in [-0.4, -0.2) is 46.9 Å². The minimum absolute atomic E-state index is 0.182. The topological polar surface area (TPSA) is 109 Å². The molecule has 3 rings (SSSR count). The number of aromatic nitrogens is 1. The summed E-state index contributed by atoms with van der Waals surface area (Å²) in [6.45, 7) is 10.2. The zero-order valence-corrected chi connectivity index (χ0v) is 22.9. The van der Waals surface area contributed by atoms with Crippen molar-refractivity contribution >= 4 is 17.8 Å². The zero-order valence-electron chi connectivity index (χ0n) is 22.2. The minimum atomic E-state index is -0.793. The Hall–Kier alpha value is -3.11. The molecule has 1 aliphatic heterocycles. The number of nitrogens with zero attached hydrogens (tertiary/aromatic N) is 4. The molecule has 0 aliphatic carbocycles. The third-order valence-corrected chi connectivity index (χ3v) is 6.52. The van der Waals surface area contributed by atoms with Crippen molar-refractivity contribution in [2.75, 3.05) is 20.3 Å². The minimum Gasteiger partial charge on any atom is -0.569 e. The highest BCUT2D eigenvalue weighted by Gasteiger charge is 2.30. The van der Waals surface area contributed by atoms with Gasteiger partial charge in [-0.2, -0.15) is 0 Å². The van der Waals surface area contributed by atoms with E-state index < -0.39 is 6.16 Å². The number of hydrogen-bond acceptors (Lipinski definition) is 8. The lowest BCUT2D eigenvalue weighted by molar-refractivity contribution is -0.719. The van der Waals surface area contributed by atoms with Gasteiger partial charge in [0.1, 0.15) is 12.7 Å². The second-order valence-electron chi connectivity index (χ2n) is 10.1. The van der Waals surface area contributed by atoms with Crippen LogP contribution < -0.4 is 4.74 Å². The SMILES string of the molecule is Cc1ncc2c(c1OC(=O)OCCC(C)CCO/N=[N+](\[O-])N(C)C(C)(C)C)CO[C@H]2c1ccc(Cl)cc1. The van der Waals surface area contributed by atoms with Gasteiger partial charge in [0.2, 0.25) is 5.28 Å². The average Bonchev–Trinajstić information content (AvgIpc) is 3.27. The summed E-state index contributed by atoms with van der Waals surface area (Å²) >= 11 is 6.00. The molecule has 2 atom stereocenters. The summed E-state index contributed by atoms with van der Waals surface area (Å²) in [5.74, 6) is 0.547. The Morgan fingerprint density at radius 3 is 2.65 bits per heavy atom. The normalized spacial score (nSPS) is 16.2. The van der Waals surface area contributed by atoms with Crippen molar-refractivity contribution in [3.8, 4) is 5.75 Å². The number of ether oxygens (including phenoxy) is 3. The molecule has 2 heterocycles. The molecule has 202 valence electrons. The Morgan fingerprint density at radius 2 is 1.97 bits per heavy atom. The Labute approximate surface area is 222 Å². The van der Waals surface area contributed by atoms with Crippen LogP contribution in [0.1, 0.15) is 69.0 Å². The number of pyridine rings is 1. The summed E-state index contributed by atoms with van der Waals surface area (Å²) < 4.78 is 16.8. The first kappa shape index (κ1) is 28.5. The van der Waals surface area contributed by atoms with E-state index in [0.29, 0.717) is 40.9 Å². The van der Waals surface area contributed by atoms with E-state index in [4.69, 9.17) is 30.6 Å². The Morgan fingerprint density at radius 1 is 1.30 bits per heavy atom. The number of carbonyl (C=O) groups is 1. The number of halogens is 1. The van der Waals surface area contributed by atoms with E-state index in [0.717, 1.165) is 16.7 Å². The molecule has 1 aromatic carbocycles. The maximum atomic E-state index is 12.4. The first-order chi connectivity index (χ1) is 17.5. The van der Waals surface area contributed by atoms with Crippen LogP contribution in [0.15, 0.2) is 35.7 Å². The van der Waals surface area contributed by atoms with Crippen molar-refractivity contribution in [1.82, 2.24) is 9.99 Å². The molecule has 0 N–H and O–H groups in total. The highest BCUT2D eigenvalue weighted by Crippen LogP contribution is 2.41. The van der Waals surface area contributed by atoms with Crippen molar-refractivity contribution < 1.29 is 28.8 Å². The molecule has 0 saturated carbocycles. The maximum Gasteiger partial charge on any atom is 0.513 e. The van der Waals surface area contributed by atoms with Crippen LogP contribution in [0, 0.1) is 18.0 Å². The van der Waals surface area contributed by atoms with E-state index in [1.54, 1.807) is 32.3 Å². The van der Waals surface area contributed by atoms with Gasteiger partial charge in [0.25, 0.3) is 0 Å². The van der Waals surface area contributed by atoms with Crippen molar-refractivity contribution in [3.63, 3.8) is 0 Å². The van der Waals surface area contributed by atoms with Gasteiger partial charge in [0, 0.05) is 22.3 Å². The molecule has 1 aliphatic rings. The Balaban J connectivity index is 1.46. The second-order valence-corrected chi connectivity index (χ2v) is 10.5. The Kier molecular flexibility index (Phi) is 9.56. The van der Waals surface area contributed by atoms with Crippen LogP contribution in [0.3, 0.4) is 0 Å². The van der Waals surface area contributed by atoms with Crippen LogP contribution >= 0.6 is 11.6 Å². The fourth-order valence-corrected chi connectivity index (χ4v) is 3.71. The van der Waals surface area contributed by atoms with Gasteiger partial charge in [-0.15, -0.1) is 5.01 Å². The number of carbonyl (C=O) groups excluding carboxylic acids is 1.